The van der Waals surface area contributed by atoms with Crippen LogP contribution in [0, 0.1) is 6.92 Å². The molecule has 0 aliphatic carbocycles. The summed E-state index contributed by atoms with van der Waals surface area (Å²) in [7, 11) is 0. The van der Waals surface area contributed by atoms with Gasteiger partial charge in [0.15, 0.2) is 6.29 Å². The summed E-state index contributed by atoms with van der Waals surface area (Å²) in [4.78, 5) is 15.1. The van der Waals surface area contributed by atoms with Crippen molar-refractivity contribution >= 4 is 28.8 Å². The van der Waals surface area contributed by atoms with E-state index in [1.54, 1.807) is 18.2 Å². The molecule has 0 fully saturated rings. The van der Waals surface area contributed by atoms with Crippen LogP contribution in [0.3, 0.4) is 0 Å². The molecule has 0 aliphatic heterocycles. The van der Waals surface area contributed by atoms with Gasteiger partial charge in [0.1, 0.15) is 0 Å². The first-order chi connectivity index (χ1) is 6.70. The van der Waals surface area contributed by atoms with Crippen molar-refractivity contribution in [1.82, 2.24) is 4.98 Å². The number of hydrogen-bond acceptors (Lipinski definition) is 2. The van der Waals surface area contributed by atoms with Crippen molar-refractivity contribution < 1.29 is 4.79 Å². The molecule has 0 saturated carbocycles. The Morgan fingerprint density at radius 1 is 1.36 bits per heavy atom. The van der Waals surface area contributed by atoms with E-state index in [1.165, 1.54) is 0 Å². The molecule has 0 amide bonds. The molecule has 2 nitrogen and oxygen atoms in total. The number of aryl methyl sites for hydroxylation is 1. The maximum absolute atomic E-state index is 10.8. The van der Waals surface area contributed by atoms with E-state index in [0.717, 1.165) is 22.9 Å². The number of fused-ring (bicyclic) bond motifs is 1. The highest BCUT2D eigenvalue weighted by atomic mass is 35.5. The monoisotopic (exact) mass is 205 g/mol. The molecule has 0 unspecified atom stereocenters. The third-order valence-corrected chi connectivity index (χ3v) is 2.29. The van der Waals surface area contributed by atoms with Crippen LogP contribution in [0.15, 0.2) is 24.3 Å². The Hall–Kier alpha value is -1.41. The van der Waals surface area contributed by atoms with Crippen LogP contribution in [0.25, 0.3) is 10.9 Å². The molecule has 70 valence electrons. The number of benzene rings is 1. The van der Waals surface area contributed by atoms with Crippen LogP contribution in [0.5, 0.6) is 0 Å². The maximum atomic E-state index is 10.8. The lowest BCUT2D eigenvalue weighted by molar-refractivity contribution is 0.112. The lowest BCUT2D eigenvalue weighted by atomic mass is 10.1. The molecule has 0 saturated heterocycles. The van der Waals surface area contributed by atoms with Crippen LogP contribution >= 0.6 is 11.6 Å². The van der Waals surface area contributed by atoms with Crippen molar-refractivity contribution in [2.75, 3.05) is 0 Å². The predicted octanol–water partition coefficient (Wildman–Crippen LogP) is 3.01. The highest BCUT2D eigenvalue weighted by molar-refractivity contribution is 6.31. The fourth-order valence-corrected chi connectivity index (χ4v) is 1.63. The van der Waals surface area contributed by atoms with E-state index in [2.05, 4.69) is 4.98 Å². The number of rotatable bonds is 1. The zero-order valence-corrected chi connectivity index (χ0v) is 8.38. The van der Waals surface area contributed by atoms with Gasteiger partial charge in [-0.25, -0.2) is 0 Å². The molecule has 2 rings (SSSR count). The Kier molecular flexibility index (Phi) is 2.22. The van der Waals surface area contributed by atoms with Crippen molar-refractivity contribution in [3.8, 4) is 0 Å². The molecule has 0 radical (unpaired) electrons. The third kappa shape index (κ3) is 1.49. The average Bonchev–Trinajstić information content (AvgIpc) is 2.15. The second-order valence-electron chi connectivity index (χ2n) is 3.13. The SMILES string of the molecule is Cc1cc(C=O)c2ccc(Cl)cc2n1. The van der Waals surface area contributed by atoms with Gasteiger partial charge in [0.05, 0.1) is 5.52 Å². The smallest absolute Gasteiger partial charge is 0.150 e. The predicted molar refractivity (Wildman–Crippen MR) is 56.9 cm³/mol. The number of aromatic nitrogens is 1. The standard InChI is InChI=1S/C11H8ClNO/c1-7-4-8(6-14)10-3-2-9(12)5-11(10)13-7/h2-6H,1H3. The first-order valence-electron chi connectivity index (χ1n) is 4.23. The van der Waals surface area contributed by atoms with E-state index in [-0.39, 0.29) is 0 Å². The zero-order chi connectivity index (χ0) is 10.1. The quantitative estimate of drug-likeness (QED) is 0.670. The first-order valence-corrected chi connectivity index (χ1v) is 4.60. The van der Waals surface area contributed by atoms with Gasteiger partial charge in [-0.2, -0.15) is 0 Å². The summed E-state index contributed by atoms with van der Waals surface area (Å²) in [5, 5.41) is 1.47. The Morgan fingerprint density at radius 3 is 2.86 bits per heavy atom. The van der Waals surface area contributed by atoms with Crippen LogP contribution in [0.2, 0.25) is 5.02 Å². The van der Waals surface area contributed by atoms with Crippen molar-refractivity contribution in [2.24, 2.45) is 0 Å². The van der Waals surface area contributed by atoms with E-state index in [4.69, 9.17) is 11.6 Å². The Morgan fingerprint density at radius 2 is 2.14 bits per heavy atom. The molecule has 1 heterocycles. The summed E-state index contributed by atoms with van der Waals surface area (Å²) in [5.41, 5.74) is 2.24. The molecular weight excluding hydrogens is 198 g/mol. The van der Waals surface area contributed by atoms with E-state index in [9.17, 15) is 4.79 Å². The van der Waals surface area contributed by atoms with Crippen molar-refractivity contribution in [1.29, 1.82) is 0 Å². The number of halogens is 1. The van der Waals surface area contributed by atoms with Gasteiger partial charge in [-0.15, -0.1) is 0 Å². The molecule has 0 spiro atoms. The van der Waals surface area contributed by atoms with Crippen molar-refractivity contribution in [3.05, 3.63) is 40.5 Å². The molecule has 3 heteroatoms. The summed E-state index contributed by atoms with van der Waals surface area (Å²) in [5.74, 6) is 0. The largest absolute Gasteiger partial charge is 0.298 e. The molecule has 0 bridgehead atoms. The van der Waals surface area contributed by atoms with E-state index >= 15 is 0 Å². The van der Waals surface area contributed by atoms with E-state index in [1.807, 2.05) is 13.0 Å². The number of aldehydes is 1. The van der Waals surface area contributed by atoms with Gasteiger partial charge in [-0.3, -0.25) is 9.78 Å². The molecular formula is C11H8ClNO. The number of carbonyl (C=O) groups excluding carboxylic acids is 1. The molecule has 0 atom stereocenters. The Balaban J connectivity index is 2.87. The van der Waals surface area contributed by atoms with Gasteiger partial charge in [-0.05, 0) is 25.1 Å². The minimum Gasteiger partial charge on any atom is -0.298 e. The van der Waals surface area contributed by atoms with Gasteiger partial charge in [-0.1, -0.05) is 17.7 Å². The highest BCUT2D eigenvalue weighted by Crippen LogP contribution is 2.20. The summed E-state index contributed by atoms with van der Waals surface area (Å²) < 4.78 is 0. The van der Waals surface area contributed by atoms with Gasteiger partial charge < -0.3 is 0 Å². The van der Waals surface area contributed by atoms with Gasteiger partial charge in [0.25, 0.3) is 0 Å². The number of nitrogens with zero attached hydrogens (tertiary/aromatic N) is 1. The average molecular weight is 206 g/mol. The fourth-order valence-electron chi connectivity index (χ4n) is 1.46. The van der Waals surface area contributed by atoms with Crippen LogP contribution in [0.4, 0.5) is 0 Å². The molecule has 14 heavy (non-hydrogen) atoms. The topological polar surface area (TPSA) is 30.0 Å². The van der Waals surface area contributed by atoms with E-state index < -0.39 is 0 Å². The molecule has 0 N–H and O–H groups in total. The number of hydrogen-bond donors (Lipinski definition) is 0. The minimum absolute atomic E-state index is 0.632. The normalized spacial score (nSPS) is 10.4. The van der Waals surface area contributed by atoms with Gasteiger partial charge >= 0.3 is 0 Å². The first kappa shape index (κ1) is 9.16. The minimum atomic E-state index is 0.632. The maximum Gasteiger partial charge on any atom is 0.150 e. The third-order valence-electron chi connectivity index (χ3n) is 2.06. The van der Waals surface area contributed by atoms with Crippen LogP contribution in [-0.4, -0.2) is 11.3 Å². The molecule has 0 aliphatic rings. The summed E-state index contributed by atoms with van der Waals surface area (Å²) >= 11 is 5.84. The van der Waals surface area contributed by atoms with E-state index in [0.29, 0.717) is 10.6 Å². The van der Waals surface area contributed by atoms with Crippen LogP contribution in [-0.2, 0) is 0 Å². The molecule has 2 aromatic rings. The summed E-state index contributed by atoms with van der Waals surface area (Å²) in [6.07, 6.45) is 0.838. The van der Waals surface area contributed by atoms with Gasteiger partial charge in [0, 0.05) is 21.7 Å². The number of carbonyl (C=O) groups is 1. The van der Waals surface area contributed by atoms with Crippen molar-refractivity contribution in [2.45, 2.75) is 6.92 Å². The van der Waals surface area contributed by atoms with Crippen LogP contribution in [0.1, 0.15) is 16.1 Å². The molecule has 1 aromatic heterocycles. The zero-order valence-electron chi connectivity index (χ0n) is 7.62. The Labute approximate surface area is 86.5 Å². The number of pyridine rings is 1. The van der Waals surface area contributed by atoms with Crippen molar-refractivity contribution in [3.63, 3.8) is 0 Å². The lowest BCUT2D eigenvalue weighted by Crippen LogP contribution is -1.90. The second kappa shape index (κ2) is 3.39. The highest BCUT2D eigenvalue weighted by Gasteiger charge is 2.03. The summed E-state index contributed by atoms with van der Waals surface area (Å²) in [6.45, 7) is 1.85. The fraction of sp³-hybridized carbons (Fsp3) is 0.0909. The van der Waals surface area contributed by atoms with Gasteiger partial charge in [0.2, 0.25) is 0 Å². The summed E-state index contributed by atoms with van der Waals surface area (Å²) in [6, 6.07) is 7.10. The lowest BCUT2D eigenvalue weighted by Gasteiger charge is -2.02. The molecule has 1 aromatic carbocycles. The second-order valence-corrected chi connectivity index (χ2v) is 3.57. The Bertz CT molecular complexity index is 503. The van der Waals surface area contributed by atoms with Crippen LogP contribution < -0.4 is 0 Å².